The molecule has 12 unspecified atom stereocenters. The van der Waals surface area contributed by atoms with Crippen LogP contribution in [-0.2, 0) is 42.9 Å². The highest BCUT2D eigenvalue weighted by Crippen LogP contribution is 2.35. The van der Waals surface area contributed by atoms with Gasteiger partial charge in [-0.3, -0.25) is 19.2 Å². The summed E-state index contributed by atoms with van der Waals surface area (Å²) in [4.78, 5) is 51.8. The normalized spacial score (nSPS) is 31.7. The molecule has 0 aromatic rings. The number of rotatable bonds is 31. The van der Waals surface area contributed by atoms with Crippen LogP contribution in [0.3, 0.4) is 0 Å². The number of unbranched alkanes of at least 4 members (excludes halogenated alkanes) is 6. The Balaban J connectivity index is 1.37. The molecule has 0 spiro atoms. The second-order valence-electron chi connectivity index (χ2n) is 17.5. The van der Waals surface area contributed by atoms with Gasteiger partial charge in [0, 0.05) is 76.9 Å². The second-order valence-corrected chi connectivity index (χ2v) is 17.5. The number of ketones is 2. The van der Waals surface area contributed by atoms with Crippen LogP contribution in [0.2, 0.25) is 0 Å². The Morgan fingerprint density at radius 2 is 1.16 bits per heavy atom. The number of hydrogen-bond donors (Lipinski definition) is 9. The van der Waals surface area contributed by atoms with Gasteiger partial charge in [0.1, 0.15) is 30.2 Å². The van der Waals surface area contributed by atoms with Gasteiger partial charge >= 0.3 is 0 Å². The highest BCUT2D eigenvalue weighted by Gasteiger charge is 2.43. The van der Waals surface area contributed by atoms with Gasteiger partial charge in [0.05, 0.1) is 37.6 Å². The molecule has 18 nitrogen and oxygen atoms in total. The van der Waals surface area contributed by atoms with Crippen molar-refractivity contribution in [1.82, 2.24) is 10.6 Å². The van der Waals surface area contributed by atoms with Crippen molar-refractivity contribution in [3.8, 4) is 0 Å². The Hall–Kier alpha value is -2.20. The molecule has 2 aliphatic heterocycles. The molecule has 0 bridgehead atoms. The van der Waals surface area contributed by atoms with Crippen LogP contribution in [0.25, 0.3) is 0 Å². The summed E-state index contributed by atoms with van der Waals surface area (Å²) in [6.45, 7) is 3.34. The number of ether oxygens (including phenoxy) is 5. The van der Waals surface area contributed by atoms with E-state index < -0.39 is 80.3 Å². The van der Waals surface area contributed by atoms with E-state index in [-0.39, 0.29) is 80.4 Å². The van der Waals surface area contributed by atoms with Crippen LogP contribution < -0.4 is 10.6 Å². The van der Waals surface area contributed by atoms with Gasteiger partial charge in [-0.05, 0) is 76.5 Å². The highest BCUT2D eigenvalue weighted by atomic mass is 16.7. The molecule has 1 aliphatic carbocycles. The Kier molecular flexibility index (Phi) is 25.6. The zero-order chi connectivity index (χ0) is 45.6. The van der Waals surface area contributed by atoms with E-state index in [2.05, 4.69) is 10.6 Å². The smallest absolute Gasteiger partial charge is 0.220 e. The molecule has 0 aromatic carbocycles. The van der Waals surface area contributed by atoms with Crippen molar-refractivity contribution in [1.29, 1.82) is 0 Å². The minimum Gasteiger partial charge on any atom is -0.396 e. The van der Waals surface area contributed by atoms with Crippen LogP contribution in [0.15, 0.2) is 0 Å². The molecule has 2 saturated heterocycles. The summed E-state index contributed by atoms with van der Waals surface area (Å²) in [5.74, 6) is -1.56. The van der Waals surface area contributed by atoms with Crippen molar-refractivity contribution in [2.75, 3.05) is 46.7 Å². The molecule has 18 heteroatoms. The third-order valence-corrected chi connectivity index (χ3v) is 12.7. The quantitative estimate of drug-likeness (QED) is 0.0435. The number of aliphatic hydroxyl groups is 7. The van der Waals surface area contributed by atoms with Crippen molar-refractivity contribution >= 4 is 23.4 Å². The first kappa shape index (κ1) is 54.1. The first-order valence-corrected chi connectivity index (χ1v) is 23.0. The molecular weight excluding hydrogens is 812 g/mol. The van der Waals surface area contributed by atoms with E-state index in [0.29, 0.717) is 83.6 Å². The van der Waals surface area contributed by atoms with E-state index >= 15 is 0 Å². The zero-order valence-electron chi connectivity index (χ0n) is 37.2. The van der Waals surface area contributed by atoms with Crippen LogP contribution in [-0.4, -0.2) is 167 Å². The maximum absolute atomic E-state index is 13.4. The van der Waals surface area contributed by atoms with Crippen LogP contribution in [0, 0.1) is 23.7 Å². The summed E-state index contributed by atoms with van der Waals surface area (Å²) < 4.78 is 28.0. The van der Waals surface area contributed by atoms with Crippen molar-refractivity contribution in [3.63, 3.8) is 0 Å². The first-order chi connectivity index (χ1) is 29.8. The standard InChI is InChI=1S/C44H78N2O16/c1-27-39(54)41(56)35(25-48)61-43(27)59-20-12-9-17-37(52)45-19-11-8-14-32(34(51)16-7-5-4-6-15-33(50)31-23-30(58-3)22-29(31)24-47)46-38(53)18-10-13-21-60-44-28(2)40(55)42(57)36(26-49)62-44/h27-32,35-36,39-44,47-49,54-57H,4-26H2,1-3H3,(H,45,52)(H,46,53)/t27?,28?,29-,30+,31?,32?,35?,36?,39?,40?,41?,42?,43?,44?/m0/s1. The fraction of sp³-hybridized carbons (Fsp3) is 0.909. The largest absolute Gasteiger partial charge is 0.396 e. The molecule has 2 amide bonds. The van der Waals surface area contributed by atoms with Gasteiger partial charge in [0.25, 0.3) is 0 Å². The van der Waals surface area contributed by atoms with E-state index in [1.54, 1.807) is 21.0 Å². The maximum atomic E-state index is 13.4. The van der Waals surface area contributed by atoms with Crippen molar-refractivity contribution in [2.24, 2.45) is 23.7 Å². The van der Waals surface area contributed by atoms with Crippen LogP contribution >= 0.6 is 0 Å². The molecule has 3 rings (SSSR count). The molecule has 3 fully saturated rings. The Morgan fingerprint density at radius 3 is 1.69 bits per heavy atom. The average molecular weight is 891 g/mol. The molecule has 0 radical (unpaired) electrons. The molecular formula is C44H78N2O16. The van der Waals surface area contributed by atoms with E-state index in [4.69, 9.17) is 23.7 Å². The molecule has 0 aromatic heterocycles. The fourth-order valence-corrected chi connectivity index (χ4v) is 8.54. The fourth-order valence-electron chi connectivity index (χ4n) is 8.54. The number of hydrogen-bond acceptors (Lipinski definition) is 16. The van der Waals surface area contributed by atoms with Gasteiger partial charge in [-0.15, -0.1) is 0 Å². The number of methoxy groups -OCH3 is 1. The summed E-state index contributed by atoms with van der Waals surface area (Å²) in [5.41, 5.74) is 0. The van der Waals surface area contributed by atoms with Gasteiger partial charge in [-0.25, -0.2) is 0 Å². The molecule has 360 valence electrons. The molecule has 9 N–H and O–H groups in total. The number of aliphatic hydroxyl groups excluding tert-OH is 7. The first-order valence-electron chi connectivity index (χ1n) is 23.0. The molecule has 2 heterocycles. The van der Waals surface area contributed by atoms with Crippen molar-refractivity contribution < 1.29 is 78.6 Å². The van der Waals surface area contributed by atoms with Gasteiger partial charge in [0.15, 0.2) is 18.4 Å². The maximum Gasteiger partial charge on any atom is 0.220 e. The minimum atomic E-state index is -1.22. The predicted octanol–water partition coefficient (Wildman–Crippen LogP) is 0.794. The van der Waals surface area contributed by atoms with Crippen molar-refractivity contribution in [2.45, 2.75) is 184 Å². The van der Waals surface area contributed by atoms with E-state index in [9.17, 15) is 54.9 Å². The van der Waals surface area contributed by atoms with E-state index in [0.717, 1.165) is 12.8 Å². The number of Topliss-reactive ketones (excluding diaryl/α,β-unsaturated/α-hetero) is 2. The van der Waals surface area contributed by atoms with E-state index in [1.165, 1.54) is 0 Å². The lowest BCUT2D eigenvalue weighted by atomic mass is 9.90. The van der Waals surface area contributed by atoms with Crippen LogP contribution in [0.4, 0.5) is 0 Å². The third kappa shape index (κ3) is 17.6. The topological polar surface area (TPSA) is 280 Å². The number of carbonyl (C=O) groups excluding carboxylic acids is 4. The average Bonchev–Trinajstić information content (AvgIpc) is 3.70. The lowest BCUT2D eigenvalue weighted by Crippen LogP contribution is -2.55. The second kappa shape index (κ2) is 29.4. The Labute approximate surface area is 366 Å². The SMILES string of the molecule is CO[C@H]1CC(C(=O)CCCCCCC(=O)C(CCCCNC(=O)CCCCOC2OC(CO)C(O)C(O)C2C)NC(=O)CCCCOC2OC(CO)C(O)C(O)C2C)[C@H](CO)C1. The van der Waals surface area contributed by atoms with Crippen molar-refractivity contribution in [3.05, 3.63) is 0 Å². The minimum absolute atomic E-state index is 0.0000370. The summed E-state index contributed by atoms with van der Waals surface area (Å²) in [7, 11) is 1.63. The summed E-state index contributed by atoms with van der Waals surface area (Å²) >= 11 is 0. The van der Waals surface area contributed by atoms with E-state index in [1.807, 2.05) is 0 Å². The van der Waals surface area contributed by atoms with Crippen LogP contribution in [0.5, 0.6) is 0 Å². The van der Waals surface area contributed by atoms with Crippen LogP contribution in [0.1, 0.15) is 123 Å². The highest BCUT2D eigenvalue weighted by molar-refractivity contribution is 5.89. The Morgan fingerprint density at radius 1 is 0.629 bits per heavy atom. The summed E-state index contributed by atoms with van der Waals surface area (Å²) in [6.07, 6.45) is 0.929. The third-order valence-electron chi connectivity index (χ3n) is 12.7. The number of carbonyl (C=O) groups is 4. The molecule has 1 saturated carbocycles. The lowest BCUT2D eigenvalue weighted by molar-refractivity contribution is -0.282. The van der Waals surface area contributed by atoms with Gasteiger partial charge < -0.3 is 70.1 Å². The summed E-state index contributed by atoms with van der Waals surface area (Å²) in [6, 6.07) is -0.685. The van der Waals surface area contributed by atoms with Gasteiger partial charge in [0.2, 0.25) is 11.8 Å². The zero-order valence-corrected chi connectivity index (χ0v) is 37.2. The van der Waals surface area contributed by atoms with Gasteiger partial charge in [-0.1, -0.05) is 26.7 Å². The molecule has 62 heavy (non-hydrogen) atoms. The monoisotopic (exact) mass is 891 g/mol. The molecule has 3 aliphatic rings. The Bertz CT molecular complexity index is 1310. The number of amides is 2. The predicted molar refractivity (Wildman–Crippen MR) is 224 cm³/mol. The lowest BCUT2D eigenvalue weighted by Gasteiger charge is -2.40. The summed E-state index contributed by atoms with van der Waals surface area (Å²) in [5, 5.41) is 74.9. The number of nitrogens with one attached hydrogen (secondary N) is 2. The van der Waals surface area contributed by atoms with Gasteiger partial charge in [-0.2, -0.15) is 0 Å². The molecule has 14 atom stereocenters.